The van der Waals surface area contributed by atoms with Crippen LogP contribution in [0.2, 0.25) is 0 Å². The lowest BCUT2D eigenvalue weighted by molar-refractivity contribution is 0.260. The predicted molar refractivity (Wildman–Crippen MR) is 96.3 cm³/mol. The second-order valence-electron chi connectivity index (χ2n) is 5.95. The average molecular weight is 333 g/mol. The molecule has 0 spiro atoms. The van der Waals surface area contributed by atoms with Gasteiger partial charge in [0, 0.05) is 11.5 Å². The van der Waals surface area contributed by atoms with E-state index in [-0.39, 0.29) is 17.1 Å². The molecule has 0 aliphatic rings. The lowest BCUT2D eigenvalue weighted by Gasteiger charge is -2.14. The number of aromatic nitrogens is 1. The monoisotopic (exact) mass is 333 g/mol. The minimum atomic E-state index is -0.324. The number of phenols is 1. The largest absolute Gasteiger partial charge is 0.508 e. The molecule has 0 saturated heterocycles. The van der Waals surface area contributed by atoms with Crippen LogP contribution in [0.1, 0.15) is 52.4 Å². The molecular weight excluding hydrogens is 306 g/mol. The zero-order valence-corrected chi connectivity index (χ0v) is 14.6. The number of nitrogens with one attached hydrogen (secondary N) is 1. The first kappa shape index (κ1) is 18.2. The molecule has 2 N–H and O–H groups in total. The van der Waals surface area contributed by atoms with Crippen LogP contribution < -0.4 is 15.0 Å². The van der Waals surface area contributed by atoms with Gasteiger partial charge in [0.05, 0.1) is 18.7 Å². The van der Waals surface area contributed by atoms with Gasteiger partial charge in [-0.05, 0) is 25.0 Å². The van der Waals surface area contributed by atoms with Gasteiger partial charge in [-0.15, -0.1) is 0 Å². The van der Waals surface area contributed by atoms with Crippen LogP contribution in [0, 0.1) is 0 Å². The van der Waals surface area contributed by atoms with Crippen molar-refractivity contribution in [1.82, 2.24) is 4.98 Å². The number of unbranched alkanes of at least 4 members (excludes halogenated alkanes) is 4. The molecule has 24 heavy (non-hydrogen) atoms. The molecule has 0 atom stereocenters. The van der Waals surface area contributed by atoms with Gasteiger partial charge in [-0.2, -0.15) is 0 Å². The number of ether oxygens (including phenoxy) is 2. The number of aromatic hydroxyl groups is 1. The zero-order valence-electron chi connectivity index (χ0n) is 14.6. The van der Waals surface area contributed by atoms with Crippen LogP contribution in [0.25, 0.3) is 10.9 Å². The number of hydrogen-bond acceptors (Lipinski definition) is 4. The molecule has 0 radical (unpaired) electrons. The molecule has 2 aromatic rings. The topological polar surface area (TPSA) is 71.5 Å². The van der Waals surface area contributed by atoms with Crippen molar-refractivity contribution < 1.29 is 14.6 Å². The summed E-state index contributed by atoms with van der Waals surface area (Å²) in [4.78, 5) is 15.1. The van der Waals surface area contributed by atoms with Crippen LogP contribution in [0.15, 0.2) is 23.0 Å². The molecule has 1 heterocycles. The number of phenolic OH excluding ortho intramolecular Hbond substituents is 1. The summed E-state index contributed by atoms with van der Waals surface area (Å²) in [5.74, 6) is 0.810. The van der Waals surface area contributed by atoms with Crippen LogP contribution in [0.5, 0.6) is 17.2 Å². The smallest absolute Gasteiger partial charge is 0.294 e. The van der Waals surface area contributed by atoms with Gasteiger partial charge in [-0.3, -0.25) is 4.79 Å². The highest BCUT2D eigenvalue weighted by Gasteiger charge is 2.16. The summed E-state index contributed by atoms with van der Waals surface area (Å²) >= 11 is 0. The van der Waals surface area contributed by atoms with Gasteiger partial charge in [0.15, 0.2) is 5.75 Å². The number of aromatic amines is 1. The Labute approximate surface area is 142 Å². The van der Waals surface area contributed by atoms with Crippen molar-refractivity contribution in [3.05, 3.63) is 28.6 Å². The Bertz CT molecular complexity index is 708. The van der Waals surface area contributed by atoms with E-state index in [2.05, 4.69) is 18.8 Å². The lowest BCUT2D eigenvalue weighted by Crippen LogP contribution is -2.15. The number of pyridine rings is 1. The summed E-state index contributed by atoms with van der Waals surface area (Å²) in [5, 5.41) is 10.4. The molecule has 0 unspecified atom stereocenters. The first-order valence-corrected chi connectivity index (χ1v) is 8.82. The minimum absolute atomic E-state index is 0.103. The number of rotatable bonds is 10. The maximum Gasteiger partial charge on any atom is 0.294 e. The summed E-state index contributed by atoms with van der Waals surface area (Å²) in [7, 11) is 0. The minimum Gasteiger partial charge on any atom is -0.508 e. The molecule has 5 nitrogen and oxygen atoms in total. The third-order valence-electron chi connectivity index (χ3n) is 3.90. The van der Waals surface area contributed by atoms with Crippen LogP contribution >= 0.6 is 0 Å². The third-order valence-corrected chi connectivity index (χ3v) is 3.90. The lowest BCUT2D eigenvalue weighted by atomic mass is 10.2. The Hall–Kier alpha value is -2.17. The SMILES string of the molecule is CCCCCCOc1c(OCCCC)c2ccc(O)cc2[nH]c1=O. The van der Waals surface area contributed by atoms with Crippen molar-refractivity contribution in [3.63, 3.8) is 0 Å². The molecule has 0 aliphatic heterocycles. The number of fused-ring (bicyclic) bond motifs is 1. The van der Waals surface area contributed by atoms with Crippen LogP contribution in [0.4, 0.5) is 0 Å². The Morgan fingerprint density at radius 2 is 1.67 bits per heavy atom. The molecule has 1 aromatic heterocycles. The number of H-pyrrole nitrogens is 1. The molecule has 132 valence electrons. The summed E-state index contributed by atoms with van der Waals surface area (Å²) in [5.41, 5.74) is 0.222. The molecule has 0 amide bonds. The first-order valence-electron chi connectivity index (χ1n) is 8.82. The van der Waals surface area contributed by atoms with E-state index in [4.69, 9.17) is 9.47 Å². The van der Waals surface area contributed by atoms with Crippen LogP contribution in [-0.2, 0) is 0 Å². The normalized spacial score (nSPS) is 10.9. The van der Waals surface area contributed by atoms with Crippen LogP contribution in [0.3, 0.4) is 0 Å². The van der Waals surface area contributed by atoms with Gasteiger partial charge >= 0.3 is 0 Å². The fourth-order valence-electron chi connectivity index (χ4n) is 2.53. The Balaban J connectivity index is 2.28. The van der Waals surface area contributed by atoms with E-state index in [1.807, 2.05) is 0 Å². The molecule has 0 saturated carbocycles. The van der Waals surface area contributed by atoms with Gasteiger partial charge in [-0.25, -0.2) is 0 Å². The van der Waals surface area contributed by atoms with Crippen molar-refractivity contribution in [1.29, 1.82) is 0 Å². The summed E-state index contributed by atoms with van der Waals surface area (Å²) in [6.07, 6.45) is 6.23. The summed E-state index contributed by atoms with van der Waals surface area (Å²) in [6, 6.07) is 4.85. The highest BCUT2D eigenvalue weighted by molar-refractivity contribution is 5.88. The summed E-state index contributed by atoms with van der Waals surface area (Å²) < 4.78 is 11.6. The van der Waals surface area contributed by atoms with Crippen molar-refractivity contribution in [2.24, 2.45) is 0 Å². The van der Waals surface area contributed by atoms with E-state index in [1.54, 1.807) is 12.1 Å². The fourth-order valence-corrected chi connectivity index (χ4v) is 2.53. The Morgan fingerprint density at radius 1 is 0.958 bits per heavy atom. The summed E-state index contributed by atoms with van der Waals surface area (Å²) in [6.45, 7) is 5.27. The molecule has 2 rings (SSSR count). The quantitative estimate of drug-likeness (QED) is 0.633. The highest BCUT2D eigenvalue weighted by atomic mass is 16.5. The number of hydrogen-bond donors (Lipinski definition) is 2. The fraction of sp³-hybridized carbons (Fsp3) is 0.526. The van der Waals surface area contributed by atoms with E-state index < -0.39 is 0 Å². The van der Waals surface area contributed by atoms with Crippen LogP contribution in [-0.4, -0.2) is 23.3 Å². The van der Waals surface area contributed by atoms with E-state index in [0.717, 1.165) is 43.9 Å². The van der Waals surface area contributed by atoms with Gasteiger partial charge < -0.3 is 19.6 Å². The van der Waals surface area contributed by atoms with Crippen molar-refractivity contribution in [3.8, 4) is 17.2 Å². The molecule has 1 aromatic carbocycles. The van der Waals surface area contributed by atoms with E-state index in [1.165, 1.54) is 6.07 Å². The van der Waals surface area contributed by atoms with Crippen molar-refractivity contribution in [2.45, 2.75) is 52.4 Å². The highest BCUT2D eigenvalue weighted by Crippen LogP contribution is 2.33. The van der Waals surface area contributed by atoms with Gasteiger partial charge in [0.1, 0.15) is 5.75 Å². The van der Waals surface area contributed by atoms with Crippen molar-refractivity contribution in [2.75, 3.05) is 13.2 Å². The zero-order chi connectivity index (χ0) is 17.4. The first-order chi connectivity index (χ1) is 11.7. The van der Waals surface area contributed by atoms with E-state index >= 15 is 0 Å². The maximum atomic E-state index is 12.4. The van der Waals surface area contributed by atoms with E-state index in [0.29, 0.717) is 24.5 Å². The van der Waals surface area contributed by atoms with Gasteiger partial charge in [0.2, 0.25) is 5.75 Å². The number of benzene rings is 1. The maximum absolute atomic E-state index is 12.4. The predicted octanol–water partition coefficient (Wildman–Crippen LogP) is 4.37. The Morgan fingerprint density at radius 3 is 2.42 bits per heavy atom. The second kappa shape index (κ2) is 9.21. The molecular formula is C19H27NO4. The average Bonchev–Trinajstić information content (AvgIpc) is 2.56. The van der Waals surface area contributed by atoms with Gasteiger partial charge in [0.25, 0.3) is 5.56 Å². The Kier molecular flexibility index (Phi) is 6.97. The third kappa shape index (κ3) is 4.66. The molecule has 0 bridgehead atoms. The van der Waals surface area contributed by atoms with Crippen molar-refractivity contribution >= 4 is 10.9 Å². The van der Waals surface area contributed by atoms with E-state index in [9.17, 15) is 9.90 Å². The molecule has 0 fully saturated rings. The van der Waals surface area contributed by atoms with Gasteiger partial charge in [-0.1, -0.05) is 39.5 Å². The second-order valence-corrected chi connectivity index (χ2v) is 5.95. The molecule has 0 aliphatic carbocycles. The standard InChI is InChI=1S/C19H27NO4/c1-3-5-7-8-12-24-18-17(23-11-6-4-2)15-10-9-14(21)13-16(15)20-19(18)22/h9-10,13,21H,3-8,11-12H2,1-2H3,(H,20,22). The molecule has 5 heteroatoms.